The summed E-state index contributed by atoms with van der Waals surface area (Å²) in [6.45, 7) is 2.97. The first-order valence-electron chi connectivity index (χ1n) is 11.2. The molecule has 0 N–H and O–H groups in total. The van der Waals surface area contributed by atoms with Crippen LogP contribution in [-0.4, -0.2) is 35.8 Å². The maximum absolute atomic E-state index is 12.8. The van der Waals surface area contributed by atoms with Gasteiger partial charge < -0.3 is 14.2 Å². The van der Waals surface area contributed by atoms with Crippen LogP contribution >= 0.6 is 35.0 Å². The second-order valence-corrected chi connectivity index (χ2v) is 9.48. The normalized spacial score (nSPS) is 14.4. The molecule has 1 fully saturated rings. The van der Waals surface area contributed by atoms with Crippen LogP contribution in [0.25, 0.3) is 6.08 Å². The van der Waals surface area contributed by atoms with E-state index < -0.39 is 0 Å². The van der Waals surface area contributed by atoms with Crippen LogP contribution in [0.15, 0.2) is 71.6 Å². The molecule has 0 atom stereocenters. The second-order valence-electron chi connectivity index (χ2n) is 7.67. The van der Waals surface area contributed by atoms with Crippen molar-refractivity contribution in [2.75, 3.05) is 19.8 Å². The maximum Gasteiger partial charge on any atom is 0.293 e. The number of benzene rings is 3. The average molecular weight is 544 g/mol. The van der Waals surface area contributed by atoms with E-state index in [1.54, 1.807) is 36.4 Å². The molecule has 9 heteroatoms. The van der Waals surface area contributed by atoms with Gasteiger partial charge in [0.05, 0.1) is 28.1 Å². The van der Waals surface area contributed by atoms with Crippen LogP contribution in [0, 0.1) is 0 Å². The quantitative estimate of drug-likeness (QED) is 0.254. The van der Waals surface area contributed by atoms with Crippen LogP contribution < -0.4 is 14.2 Å². The summed E-state index contributed by atoms with van der Waals surface area (Å²) < 4.78 is 17.3. The molecule has 36 heavy (non-hydrogen) atoms. The van der Waals surface area contributed by atoms with Crippen LogP contribution in [0.3, 0.4) is 0 Å². The summed E-state index contributed by atoms with van der Waals surface area (Å²) in [6.07, 6.45) is 1.67. The standard InChI is InChI=1S/C27H23Cl2NO5S/c1-2-33-24-15-18(9-11-23(24)35-17-19-8-10-21(28)22(29)14-19)16-25-26(31)30(27(32)36-25)12-13-34-20-6-4-3-5-7-20/h3-11,14-16H,2,12-13,17H2,1H3/b25-16-. The number of hydrogen-bond donors (Lipinski definition) is 0. The number of hydrogen-bond acceptors (Lipinski definition) is 6. The van der Waals surface area contributed by atoms with E-state index >= 15 is 0 Å². The monoisotopic (exact) mass is 543 g/mol. The summed E-state index contributed by atoms with van der Waals surface area (Å²) in [4.78, 5) is 26.8. The fourth-order valence-corrected chi connectivity index (χ4v) is 4.59. The Morgan fingerprint density at radius 2 is 1.69 bits per heavy atom. The highest BCUT2D eigenvalue weighted by Crippen LogP contribution is 2.35. The molecule has 1 heterocycles. The molecule has 0 aromatic heterocycles. The van der Waals surface area contributed by atoms with Crippen molar-refractivity contribution < 1.29 is 23.8 Å². The Labute approximate surface area is 223 Å². The van der Waals surface area contributed by atoms with Gasteiger partial charge in [0.25, 0.3) is 11.1 Å². The topological polar surface area (TPSA) is 65.1 Å². The molecular weight excluding hydrogens is 521 g/mol. The van der Waals surface area contributed by atoms with Gasteiger partial charge in [-0.3, -0.25) is 14.5 Å². The summed E-state index contributed by atoms with van der Waals surface area (Å²) >= 11 is 13.0. The van der Waals surface area contributed by atoms with E-state index in [1.165, 1.54) is 4.90 Å². The van der Waals surface area contributed by atoms with Gasteiger partial charge in [0.2, 0.25) is 0 Å². The van der Waals surface area contributed by atoms with E-state index in [4.69, 9.17) is 37.4 Å². The Hall–Kier alpha value is -3.13. The third-order valence-corrected chi connectivity index (χ3v) is 6.79. The average Bonchev–Trinajstić information content (AvgIpc) is 3.14. The molecule has 0 spiro atoms. The van der Waals surface area contributed by atoms with Crippen LogP contribution in [0.2, 0.25) is 10.0 Å². The van der Waals surface area contributed by atoms with Crippen LogP contribution in [-0.2, 0) is 11.4 Å². The minimum Gasteiger partial charge on any atom is -0.492 e. The smallest absolute Gasteiger partial charge is 0.293 e. The van der Waals surface area contributed by atoms with Gasteiger partial charge >= 0.3 is 0 Å². The van der Waals surface area contributed by atoms with E-state index in [1.807, 2.05) is 43.3 Å². The van der Waals surface area contributed by atoms with E-state index in [-0.39, 0.29) is 30.9 Å². The lowest BCUT2D eigenvalue weighted by Gasteiger charge is -2.14. The predicted octanol–water partition coefficient (Wildman–Crippen LogP) is 7.09. The number of ether oxygens (including phenoxy) is 3. The van der Waals surface area contributed by atoms with Crippen molar-refractivity contribution in [1.29, 1.82) is 0 Å². The Balaban J connectivity index is 1.42. The maximum atomic E-state index is 12.8. The zero-order chi connectivity index (χ0) is 25.5. The van der Waals surface area contributed by atoms with Crippen molar-refractivity contribution >= 4 is 52.2 Å². The zero-order valence-electron chi connectivity index (χ0n) is 19.4. The van der Waals surface area contributed by atoms with Gasteiger partial charge in [0, 0.05) is 0 Å². The highest BCUT2D eigenvalue weighted by Gasteiger charge is 2.34. The lowest BCUT2D eigenvalue weighted by atomic mass is 10.1. The highest BCUT2D eigenvalue weighted by atomic mass is 35.5. The number of rotatable bonds is 10. The number of nitrogens with zero attached hydrogens (tertiary/aromatic N) is 1. The number of amides is 2. The first-order chi connectivity index (χ1) is 17.4. The van der Waals surface area contributed by atoms with Crippen LogP contribution in [0.1, 0.15) is 18.1 Å². The Kier molecular flexibility index (Phi) is 8.80. The highest BCUT2D eigenvalue weighted by molar-refractivity contribution is 8.18. The minimum atomic E-state index is -0.348. The zero-order valence-corrected chi connectivity index (χ0v) is 21.7. The van der Waals surface area contributed by atoms with Gasteiger partial charge in [0.15, 0.2) is 11.5 Å². The van der Waals surface area contributed by atoms with Crippen molar-refractivity contribution in [3.8, 4) is 17.2 Å². The second kappa shape index (κ2) is 12.2. The lowest BCUT2D eigenvalue weighted by Crippen LogP contribution is -2.32. The number of carbonyl (C=O) groups is 2. The fourth-order valence-electron chi connectivity index (χ4n) is 3.41. The SMILES string of the molecule is CCOc1cc(/C=C2\SC(=O)N(CCOc3ccccc3)C2=O)ccc1OCc1ccc(Cl)c(Cl)c1. The molecule has 186 valence electrons. The van der Waals surface area contributed by atoms with E-state index in [0.717, 1.165) is 17.3 Å². The number of imide groups is 1. The number of thioether (sulfide) groups is 1. The molecule has 2 amide bonds. The third kappa shape index (κ3) is 6.55. The molecule has 4 rings (SSSR count). The van der Waals surface area contributed by atoms with Crippen LogP contribution in [0.5, 0.6) is 17.2 Å². The summed E-state index contributed by atoms with van der Waals surface area (Å²) in [6, 6.07) is 19.9. The molecule has 0 bridgehead atoms. The van der Waals surface area contributed by atoms with Gasteiger partial charge in [-0.15, -0.1) is 0 Å². The summed E-state index contributed by atoms with van der Waals surface area (Å²) in [7, 11) is 0. The summed E-state index contributed by atoms with van der Waals surface area (Å²) in [5.74, 6) is 1.41. The van der Waals surface area contributed by atoms with Crippen LogP contribution in [0.4, 0.5) is 4.79 Å². The molecule has 0 radical (unpaired) electrons. The minimum absolute atomic E-state index is 0.169. The van der Waals surface area contributed by atoms with Gasteiger partial charge in [0.1, 0.15) is 19.0 Å². The number of para-hydroxylation sites is 1. The van der Waals surface area contributed by atoms with Crippen molar-refractivity contribution in [3.63, 3.8) is 0 Å². The largest absolute Gasteiger partial charge is 0.492 e. The first kappa shape index (κ1) is 25.9. The molecule has 1 aliphatic rings. The lowest BCUT2D eigenvalue weighted by molar-refractivity contribution is -0.123. The Morgan fingerprint density at radius 3 is 2.44 bits per heavy atom. The number of halogens is 2. The molecule has 0 aliphatic carbocycles. The first-order valence-corrected chi connectivity index (χ1v) is 12.8. The van der Waals surface area contributed by atoms with E-state index in [9.17, 15) is 9.59 Å². The summed E-state index contributed by atoms with van der Waals surface area (Å²) in [5.41, 5.74) is 1.58. The van der Waals surface area contributed by atoms with Crippen molar-refractivity contribution in [2.45, 2.75) is 13.5 Å². The van der Waals surface area contributed by atoms with Gasteiger partial charge in [-0.25, -0.2) is 0 Å². The van der Waals surface area contributed by atoms with E-state index in [0.29, 0.717) is 44.4 Å². The fraction of sp³-hybridized carbons (Fsp3) is 0.185. The van der Waals surface area contributed by atoms with Gasteiger partial charge in [-0.1, -0.05) is 53.5 Å². The Bertz CT molecular complexity index is 1280. The molecule has 6 nitrogen and oxygen atoms in total. The molecular formula is C27H23Cl2NO5S. The molecule has 0 saturated carbocycles. The molecule has 1 aliphatic heterocycles. The predicted molar refractivity (Wildman–Crippen MR) is 143 cm³/mol. The van der Waals surface area contributed by atoms with Crippen molar-refractivity contribution in [2.24, 2.45) is 0 Å². The van der Waals surface area contributed by atoms with E-state index in [2.05, 4.69) is 0 Å². The third-order valence-electron chi connectivity index (χ3n) is 5.14. The van der Waals surface area contributed by atoms with Gasteiger partial charge in [-0.05, 0) is 72.3 Å². The molecule has 3 aromatic carbocycles. The van der Waals surface area contributed by atoms with Crippen molar-refractivity contribution in [3.05, 3.63) is 92.8 Å². The molecule has 0 unspecified atom stereocenters. The number of carbonyl (C=O) groups excluding carboxylic acids is 2. The molecule has 1 saturated heterocycles. The van der Waals surface area contributed by atoms with Gasteiger partial charge in [-0.2, -0.15) is 0 Å². The van der Waals surface area contributed by atoms with Crippen molar-refractivity contribution in [1.82, 2.24) is 4.90 Å². The Morgan fingerprint density at radius 1 is 0.889 bits per heavy atom. The summed E-state index contributed by atoms with van der Waals surface area (Å²) in [5, 5.41) is 0.612. The molecule has 3 aromatic rings.